The van der Waals surface area contributed by atoms with Crippen LogP contribution in [0, 0.1) is 0 Å². The van der Waals surface area contributed by atoms with E-state index in [1.807, 2.05) is 83.8 Å². The minimum absolute atomic E-state index is 0.0291. The molecule has 32 heavy (non-hydrogen) atoms. The van der Waals surface area contributed by atoms with Gasteiger partial charge in [-0.3, -0.25) is 9.59 Å². The molecule has 2 unspecified atom stereocenters. The predicted octanol–water partition coefficient (Wildman–Crippen LogP) is 4.78. The first kappa shape index (κ1) is 21.6. The van der Waals surface area contributed by atoms with Crippen molar-refractivity contribution in [1.82, 2.24) is 4.90 Å². The molecule has 5 heteroatoms. The zero-order valence-corrected chi connectivity index (χ0v) is 18.5. The number of rotatable bonds is 7. The Morgan fingerprint density at radius 3 is 2.50 bits per heavy atom. The van der Waals surface area contributed by atoms with Crippen LogP contribution in [0.4, 0.5) is 5.69 Å². The Morgan fingerprint density at radius 1 is 1.03 bits per heavy atom. The predicted molar refractivity (Wildman–Crippen MR) is 126 cm³/mol. The van der Waals surface area contributed by atoms with Crippen LogP contribution in [0.25, 0.3) is 0 Å². The van der Waals surface area contributed by atoms with Crippen molar-refractivity contribution < 1.29 is 14.3 Å². The first-order valence-electron chi connectivity index (χ1n) is 10.9. The summed E-state index contributed by atoms with van der Waals surface area (Å²) in [7, 11) is 1.66. The van der Waals surface area contributed by atoms with Gasteiger partial charge in [-0.15, -0.1) is 0 Å². The van der Waals surface area contributed by atoms with Gasteiger partial charge >= 0.3 is 0 Å². The van der Waals surface area contributed by atoms with Crippen LogP contribution in [0.15, 0.2) is 78.9 Å². The quantitative estimate of drug-likeness (QED) is 0.589. The second-order valence-corrected chi connectivity index (χ2v) is 8.21. The lowest BCUT2D eigenvalue weighted by atomic mass is 9.88. The Hall–Kier alpha value is -3.60. The summed E-state index contributed by atoms with van der Waals surface area (Å²) in [6, 6.07) is 25.4. The van der Waals surface area contributed by atoms with Gasteiger partial charge in [0.2, 0.25) is 11.8 Å². The molecule has 0 radical (unpaired) electrons. The molecule has 164 valence electrons. The van der Waals surface area contributed by atoms with Gasteiger partial charge in [0.05, 0.1) is 13.0 Å². The number of anilines is 1. The van der Waals surface area contributed by atoms with Gasteiger partial charge in [-0.1, -0.05) is 66.7 Å². The van der Waals surface area contributed by atoms with Crippen molar-refractivity contribution in [1.29, 1.82) is 0 Å². The van der Waals surface area contributed by atoms with Gasteiger partial charge in [0.25, 0.3) is 0 Å². The Kier molecular flexibility index (Phi) is 6.55. The molecule has 5 nitrogen and oxygen atoms in total. The van der Waals surface area contributed by atoms with E-state index in [0.717, 1.165) is 28.1 Å². The summed E-state index contributed by atoms with van der Waals surface area (Å²) in [6.45, 7) is 2.54. The molecule has 3 aromatic rings. The van der Waals surface area contributed by atoms with Gasteiger partial charge in [0.1, 0.15) is 5.75 Å². The smallest absolute Gasteiger partial charge is 0.231 e. The average Bonchev–Trinajstić information content (AvgIpc) is 2.82. The van der Waals surface area contributed by atoms with E-state index in [0.29, 0.717) is 13.0 Å². The van der Waals surface area contributed by atoms with Gasteiger partial charge < -0.3 is 15.0 Å². The molecule has 1 aliphatic rings. The molecule has 0 spiro atoms. The monoisotopic (exact) mass is 428 g/mol. The lowest BCUT2D eigenvalue weighted by molar-refractivity contribution is -0.137. The summed E-state index contributed by atoms with van der Waals surface area (Å²) in [5.41, 5.74) is 3.70. The van der Waals surface area contributed by atoms with Crippen LogP contribution in [0.2, 0.25) is 0 Å². The number of para-hydroxylation sites is 2. The molecule has 1 heterocycles. The molecule has 2 amide bonds. The van der Waals surface area contributed by atoms with Crippen LogP contribution in [0.1, 0.15) is 36.0 Å². The molecular weight excluding hydrogens is 400 g/mol. The molecular formula is C27H28N2O3. The summed E-state index contributed by atoms with van der Waals surface area (Å²) >= 11 is 0. The number of carbonyl (C=O) groups is 2. The second kappa shape index (κ2) is 9.69. The lowest BCUT2D eigenvalue weighted by Crippen LogP contribution is -2.44. The molecule has 0 bridgehead atoms. The van der Waals surface area contributed by atoms with Crippen LogP contribution in [-0.4, -0.2) is 29.9 Å². The Labute approximate surface area is 189 Å². The minimum atomic E-state index is -0.496. The third kappa shape index (κ3) is 4.67. The van der Waals surface area contributed by atoms with Crippen molar-refractivity contribution >= 4 is 17.5 Å². The highest BCUT2D eigenvalue weighted by atomic mass is 16.5. The standard InChI is InChI=1S/C27H28N2O3/c1-19(16-21-12-6-9-15-25(21)32-2)29(18-20-10-4-3-5-11-20)27(31)23-17-26(30)28-24-14-8-7-13-22(23)24/h3-15,19,23H,16-18H2,1-2H3,(H,28,30). The zero-order chi connectivity index (χ0) is 22.5. The van der Waals surface area contributed by atoms with Crippen molar-refractivity contribution in [3.05, 3.63) is 95.6 Å². The van der Waals surface area contributed by atoms with Gasteiger partial charge in [0, 0.05) is 24.7 Å². The summed E-state index contributed by atoms with van der Waals surface area (Å²) < 4.78 is 5.53. The van der Waals surface area contributed by atoms with Crippen LogP contribution in [-0.2, 0) is 22.6 Å². The van der Waals surface area contributed by atoms with Crippen molar-refractivity contribution in [2.24, 2.45) is 0 Å². The van der Waals surface area contributed by atoms with Gasteiger partial charge in [0.15, 0.2) is 0 Å². The largest absolute Gasteiger partial charge is 0.496 e. The average molecular weight is 429 g/mol. The van der Waals surface area contributed by atoms with Crippen LogP contribution < -0.4 is 10.1 Å². The highest BCUT2D eigenvalue weighted by molar-refractivity contribution is 6.01. The maximum atomic E-state index is 13.9. The number of nitrogens with zero attached hydrogens (tertiary/aromatic N) is 1. The van der Waals surface area contributed by atoms with E-state index in [2.05, 4.69) is 12.2 Å². The highest BCUT2D eigenvalue weighted by Gasteiger charge is 2.35. The zero-order valence-electron chi connectivity index (χ0n) is 18.5. The van der Waals surface area contributed by atoms with E-state index in [1.165, 1.54) is 0 Å². The fourth-order valence-electron chi connectivity index (χ4n) is 4.36. The van der Waals surface area contributed by atoms with Gasteiger partial charge in [-0.25, -0.2) is 0 Å². The van der Waals surface area contributed by atoms with E-state index in [-0.39, 0.29) is 24.3 Å². The minimum Gasteiger partial charge on any atom is -0.496 e. The molecule has 4 rings (SSSR count). The van der Waals surface area contributed by atoms with Crippen LogP contribution >= 0.6 is 0 Å². The lowest BCUT2D eigenvalue weighted by Gasteiger charge is -2.35. The Bertz CT molecular complexity index is 1100. The fourth-order valence-corrected chi connectivity index (χ4v) is 4.36. The molecule has 1 aliphatic heterocycles. The number of methoxy groups -OCH3 is 1. The van der Waals surface area contributed by atoms with Crippen LogP contribution in [0.3, 0.4) is 0 Å². The number of fused-ring (bicyclic) bond motifs is 1. The summed E-state index contributed by atoms with van der Waals surface area (Å²) in [4.78, 5) is 28.2. The Morgan fingerprint density at radius 2 is 1.72 bits per heavy atom. The summed E-state index contributed by atoms with van der Waals surface area (Å²) in [5, 5.41) is 2.89. The molecule has 0 fully saturated rings. The van der Waals surface area contributed by atoms with E-state index >= 15 is 0 Å². The van der Waals surface area contributed by atoms with Crippen molar-refractivity contribution in [2.75, 3.05) is 12.4 Å². The van der Waals surface area contributed by atoms with Crippen molar-refractivity contribution in [3.8, 4) is 5.75 Å². The first-order chi connectivity index (χ1) is 15.6. The number of hydrogen-bond acceptors (Lipinski definition) is 3. The molecule has 3 aromatic carbocycles. The number of ether oxygens (including phenoxy) is 1. The highest BCUT2D eigenvalue weighted by Crippen LogP contribution is 2.34. The van der Waals surface area contributed by atoms with Gasteiger partial charge in [-0.05, 0) is 42.2 Å². The normalized spacial score (nSPS) is 15.9. The molecule has 0 saturated heterocycles. The van der Waals surface area contributed by atoms with Crippen LogP contribution in [0.5, 0.6) is 5.75 Å². The second-order valence-electron chi connectivity index (χ2n) is 8.21. The fraction of sp³-hybridized carbons (Fsp3) is 0.259. The van der Waals surface area contributed by atoms with Crippen molar-refractivity contribution in [3.63, 3.8) is 0 Å². The topological polar surface area (TPSA) is 58.6 Å². The van der Waals surface area contributed by atoms with E-state index < -0.39 is 5.92 Å². The molecule has 0 saturated carbocycles. The first-order valence-corrected chi connectivity index (χ1v) is 10.9. The third-order valence-corrected chi connectivity index (χ3v) is 6.02. The van der Waals surface area contributed by atoms with Gasteiger partial charge in [-0.2, -0.15) is 0 Å². The number of amides is 2. The Balaban J connectivity index is 1.66. The summed E-state index contributed by atoms with van der Waals surface area (Å²) in [5.74, 6) is 0.162. The molecule has 2 atom stereocenters. The van der Waals surface area contributed by atoms with E-state index in [9.17, 15) is 9.59 Å². The molecule has 0 aliphatic carbocycles. The maximum absolute atomic E-state index is 13.9. The van der Waals surface area contributed by atoms with E-state index in [4.69, 9.17) is 4.74 Å². The number of benzene rings is 3. The third-order valence-electron chi connectivity index (χ3n) is 6.02. The number of carbonyl (C=O) groups excluding carboxylic acids is 2. The van der Waals surface area contributed by atoms with E-state index in [1.54, 1.807) is 7.11 Å². The molecule has 0 aromatic heterocycles. The summed E-state index contributed by atoms with van der Waals surface area (Å²) in [6.07, 6.45) is 0.811. The SMILES string of the molecule is COc1ccccc1CC(C)N(Cc1ccccc1)C(=O)C1CC(=O)Nc2ccccc21. The maximum Gasteiger partial charge on any atom is 0.231 e. The molecule has 1 N–H and O–H groups in total. The number of nitrogens with one attached hydrogen (secondary N) is 1. The van der Waals surface area contributed by atoms with Crippen molar-refractivity contribution in [2.45, 2.75) is 38.3 Å². The number of hydrogen-bond donors (Lipinski definition) is 1.